The van der Waals surface area contributed by atoms with Gasteiger partial charge in [-0.05, 0) is 12.1 Å². The van der Waals surface area contributed by atoms with E-state index < -0.39 is 0 Å². The maximum Gasteiger partial charge on any atom is 0.130 e. The van der Waals surface area contributed by atoms with Gasteiger partial charge >= 0.3 is 0 Å². The van der Waals surface area contributed by atoms with Gasteiger partial charge in [-0.1, -0.05) is 29.8 Å². The molecule has 0 atom stereocenters. The second kappa shape index (κ2) is 2.03. The largest absolute Gasteiger partial charge is 0.236 e. The van der Waals surface area contributed by atoms with Gasteiger partial charge in [-0.25, -0.2) is 5.32 Å². The topological polar surface area (TPSA) is 14.1 Å². The molecule has 1 aliphatic heterocycles. The van der Waals surface area contributed by atoms with Gasteiger partial charge < -0.3 is 0 Å². The highest BCUT2D eigenvalue weighted by atomic mass is 35.5. The van der Waals surface area contributed by atoms with Crippen molar-refractivity contribution in [2.75, 3.05) is 0 Å². The van der Waals surface area contributed by atoms with E-state index in [0.717, 1.165) is 11.3 Å². The van der Waals surface area contributed by atoms with Gasteiger partial charge in [0.05, 0.1) is 5.69 Å². The highest BCUT2D eigenvalue weighted by Gasteiger charge is 2.09. The van der Waals surface area contributed by atoms with Crippen LogP contribution in [-0.4, -0.2) is 0 Å². The fraction of sp³-hybridized carbons (Fsp3) is 0. The second-order valence-corrected chi connectivity index (χ2v) is 2.52. The summed E-state index contributed by atoms with van der Waals surface area (Å²) >= 11 is 5.67. The predicted molar refractivity (Wildman–Crippen MR) is 42.1 cm³/mol. The highest BCUT2D eigenvalue weighted by molar-refractivity contribution is 6.32. The van der Waals surface area contributed by atoms with Crippen LogP contribution in [0.15, 0.2) is 29.4 Å². The molecule has 0 amide bonds. The Kier molecular flexibility index (Phi) is 1.18. The van der Waals surface area contributed by atoms with Crippen molar-refractivity contribution in [2.45, 2.75) is 0 Å². The summed E-state index contributed by atoms with van der Waals surface area (Å²) in [6.45, 7) is 0. The molecule has 2 heteroatoms. The van der Waals surface area contributed by atoms with Crippen LogP contribution in [0.1, 0.15) is 5.56 Å². The Labute approximate surface area is 64.3 Å². The second-order valence-electron chi connectivity index (χ2n) is 2.14. The molecule has 0 spiro atoms. The summed E-state index contributed by atoms with van der Waals surface area (Å²) in [5, 5.41) is 4.65. The van der Waals surface area contributed by atoms with Crippen molar-refractivity contribution >= 4 is 23.4 Å². The minimum Gasteiger partial charge on any atom is -0.236 e. The molecular formula is C8H5ClN. The Morgan fingerprint density at radius 3 is 2.80 bits per heavy atom. The van der Waals surface area contributed by atoms with Crippen molar-refractivity contribution in [1.29, 1.82) is 0 Å². The number of fused-ring (bicyclic) bond motifs is 1. The van der Waals surface area contributed by atoms with Crippen LogP contribution in [0.5, 0.6) is 0 Å². The van der Waals surface area contributed by atoms with Crippen LogP contribution in [0.25, 0.3) is 6.08 Å². The number of para-hydroxylation sites is 1. The fourth-order valence-corrected chi connectivity index (χ4v) is 1.20. The fourth-order valence-electron chi connectivity index (χ4n) is 0.987. The third-order valence-corrected chi connectivity index (χ3v) is 1.63. The lowest BCUT2D eigenvalue weighted by Crippen LogP contribution is -1.83. The average molecular weight is 151 g/mol. The molecule has 10 heavy (non-hydrogen) atoms. The van der Waals surface area contributed by atoms with E-state index in [1.165, 1.54) is 0 Å². The van der Waals surface area contributed by atoms with Gasteiger partial charge in [0.1, 0.15) is 5.16 Å². The molecule has 1 aromatic rings. The monoisotopic (exact) mass is 150 g/mol. The van der Waals surface area contributed by atoms with Gasteiger partial charge in [0.25, 0.3) is 0 Å². The van der Waals surface area contributed by atoms with Crippen molar-refractivity contribution in [1.82, 2.24) is 5.32 Å². The van der Waals surface area contributed by atoms with Gasteiger partial charge in [0.15, 0.2) is 0 Å². The Bertz CT molecular complexity index is 291. The molecule has 0 aromatic heterocycles. The summed E-state index contributed by atoms with van der Waals surface area (Å²) in [5.41, 5.74) is 2.07. The summed E-state index contributed by atoms with van der Waals surface area (Å²) in [6, 6.07) is 7.86. The zero-order valence-corrected chi connectivity index (χ0v) is 5.97. The summed E-state index contributed by atoms with van der Waals surface area (Å²) in [6.07, 6.45) is 1.86. The molecule has 0 fully saturated rings. The van der Waals surface area contributed by atoms with E-state index in [9.17, 15) is 0 Å². The standard InChI is InChI=1S/C8H5ClN/c9-8-5-6-3-1-2-4-7(6)10-8/h1-5H. The molecule has 1 aliphatic rings. The lowest BCUT2D eigenvalue weighted by molar-refractivity contribution is 1.19. The van der Waals surface area contributed by atoms with E-state index in [2.05, 4.69) is 5.32 Å². The Morgan fingerprint density at radius 2 is 2.00 bits per heavy atom. The van der Waals surface area contributed by atoms with E-state index >= 15 is 0 Å². The summed E-state index contributed by atoms with van der Waals surface area (Å²) < 4.78 is 0. The number of halogens is 1. The quantitative estimate of drug-likeness (QED) is 0.505. The molecule has 1 nitrogen and oxygen atoms in total. The van der Waals surface area contributed by atoms with Crippen LogP contribution in [0.4, 0.5) is 5.69 Å². The summed E-state index contributed by atoms with van der Waals surface area (Å²) in [5.74, 6) is 0. The van der Waals surface area contributed by atoms with Crippen molar-refractivity contribution < 1.29 is 0 Å². The first-order valence-corrected chi connectivity index (χ1v) is 3.42. The number of benzene rings is 1. The molecule has 0 aliphatic carbocycles. The molecule has 49 valence electrons. The number of nitrogens with zero attached hydrogens (tertiary/aromatic N) is 1. The Morgan fingerprint density at radius 1 is 1.20 bits per heavy atom. The maximum atomic E-state index is 5.67. The summed E-state index contributed by atoms with van der Waals surface area (Å²) in [7, 11) is 0. The van der Waals surface area contributed by atoms with Crippen LogP contribution in [-0.2, 0) is 0 Å². The smallest absolute Gasteiger partial charge is 0.130 e. The lowest BCUT2D eigenvalue weighted by Gasteiger charge is -1.93. The first-order chi connectivity index (χ1) is 4.86. The summed E-state index contributed by atoms with van der Waals surface area (Å²) in [4.78, 5) is 0. The van der Waals surface area contributed by atoms with E-state index in [4.69, 9.17) is 11.6 Å². The lowest BCUT2D eigenvalue weighted by atomic mass is 10.2. The minimum absolute atomic E-state index is 0.571. The van der Waals surface area contributed by atoms with Gasteiger partial charge in [-0.2, -0.15) is 0 Å². The van der Waals surface area contributed by atoms with E-state index in [-0.39, 0.29) is 0 Å². The van der Waals surface area contributed by atoms with Crippen LogP contribution < -0.4 is 5.32 Å². The molecule has 0 saturated carbocycles. The van der Waals surface area contributed by atoms with Crippen molar-refractivity contribution in [3.05, 3.63) is 35.0 Å². The van der Waals surface area contributed by atoms with Gasteiger partial charge in [0.2, 0.25) is 0 Å². The van der Waals surface area contributed by atoms with Gasteiger partial charge in [-0.3, -0.25) is 0 Å². The maximum absolute atomic E-state index is 5.67. The number of rotatable bonds is 0. The predicted octanol–water partition coefficient (Wildman–Crippen LogP) is 2.47. The molecule has 1 aromatic carbocycles. The third-order valence-electron chi connectivity index (χ3n) is 1.44. The first-order valence-electron chi connectivity index (χ1n) is 3.04. The van der Waals surface area contributed by atoms with E-state index in [1.54, 1.807) is 0 Å². The SMILES string of the molecule is ClC1=Cc2ccccc2[N]1. The van der Waals surface area contributed by atoms with Crippen molar-refractivity contribution in [2.24, 2.45) is 0 Å². The molecule has 0 unspecified atom stereocenters. The molecule has 0 bridgehead atoms. The first kappa shape index (κ1) is 5.81. The van der Waals surface area contributed by atoms with Gasteiger partial charge in [-0.15, -0.1) is 0 Å². The van der Waals surface area contributed by atoms with Crippen molar-refractivity contribution in [3.8, 4) is 0 Å². The van der Waals surface area contributed by atoms with E-state index in [1.807, 2.05) is 30.3 Å². The number of hydrogen-bond acceptors (Lipinski definition) is 0. The van der Waals surface area contributed by atoms with E-state index in [0.29, 0.717) is 5.16 Å². The van der Waals surface area contributed by atoms with Gasteiger partial charge in [0, 0.05) is 5.56 Å². The van der Waals surface area contributed by atoms with Crippen molar-refractivity contribution in [3.63, 3.8) is 0 Å². The normalized spacial score (nSPS) is 13.9. The minimum atomic E-state index is 0.571. The molecule has 0 N–H and O–H groups in total. The molecule has 2 rings (SSSR count). The molecule has 1 radical (unpaired) electrons. The Balaban J connectivity index is 2.54. The highest BCUT2D eigenvalue weighted by Crippen LogP contribution is 2.27. The van der Waals surface area contributed by atoms with Crippen LogP contribution in [0.3, 0.4) is 0 Å². The zero-order chi connectivity index (χ0) is 6.97. The third kappa shape index (κ3) is 0.792. The molecular weight excluding hydrogens is 146 g/mol. The zero-order valence-electron chi connectivity index (χ0n) is 5.21. The number of hydrogen-bond donors (Lipinski definition) is 0. The average Bonchev–Trinajstić information content (AvgIpc) is 2.27. The molecule has 1 heterocycles. The van der Waals surface area contributed by atoms with Crippen LogP contribution in [0.2, 0.25) is 0 Å². The Hall–Kier alpha value is -0.950. The molecule has 0 saturated heterocycles. The van der Waals surface area contributed by atoms with Crippen LogP contribution in [0, 0.1) is 0 Å². The van der Waals surface area contributed by atoms with Crippen LogP contribution >= 0.6 is 11.6 Å².